The summed E-state index contributed by atoms with van der Waals surface area (Å²) in [6.07, 6.45) is 2.53. The van der Waals surface area contributed by atoms with E-state index >= 15 is 0 Å². The molecule has 1 aromatic heterocycles. The number of nitrogens with zero attached hydrogens (tertiary/aromatic N) is 2. The van der Waals surface area contributed by atoms with E-state index in [1.165, 1.54) is 30.6 Å². The first-order valence-corrected chi connectivity index (χ1v) is 5.58. The molecular formula is C13H10N2O5. The van der Waals surface area contributed by atoms with Crippen LogP contribution in [-0.2, 0) is 0 Å². The first-order valence-electron chi connectivity index (χ1n) is 5.58. The number of aromatic nitrogens is 1. The van der Waals surface area contributed by atoms with Crippen molar-refractivity contribution < 1.29 is 19.6 Å². The lowest BCUT2D eigenvalue weighted by Gasteiger charge is -2.08. The monoisotopic (exact) mass is 274 g/mol. The molecule has 0 aliphatic heterocycles. The molecule has 20 heavy (non-hydrogen) atoms. The molecule has 2 rings (SSSR count). The number of nitro groups is 1. The fourth-order valence-corrected chi connectivity index (χ4v) is 1.53. The number of benzene rings is 1. The molecule has 0 fully saturated rings. The highest BCUT2D eigenvalue weighted by Gasteiger charge is 2.11. The molecule has 1 aromatic carbocycles. The number of nitro benzene ring substituents is 1. The van der Waals surface area contributed by atoms with Gasteiger partial charge in [0.05, 0.1) is 22.7 Å². The zero-order valence-electron chi connectivity index (χ0n) is 10.4. The molecule has 7 nitrogen and oxygen atoms in total. The number of aryl methyl sites for hydroxylation is 1. The molecule has 0 spiro atoms. The van der Waals surface area contributed by atoms with Gasteiger partial charge in [0.15, 0.2) is 0 Å². The van der Waals surface area contributed by atoms with Gasteiger partial charge >= 0.3 is 5.97 Å². The highest BCUT2D eigenvalue weighted by atomic mass is 16.6. The minimum Gasteiger partial charge on any atom is -0.478 e. The van der Waals surface area contributed by atoms with E-state index in [1.807, 2.05) is 0 Å². The molecule has 1 N–H and O–H groups in total. The Balaban J connectivity index is 2.34. The molecule has 7 heteroatoms. The third-order valence-corrected chi connectivity index (χ3v) is 2.57. The molecule has 0 aliphatic rings. The van der Waals surface area contributed by atoms with Gasteiger partial charge in [-0.15, -0.1) is 0 Å². The number of pyridine rings is 1. The van der Waals surface area contributed by atoms with Crippen molar-refractivity contribution >= 4 is 11.7 Å². The molecule has 0 amide bonds. The van der Waals surface area contributed by atoms with Gasteiger partial charge < -0.3 is 9.84 Å². The molecule has 0 unspecified atom stereocenters. The van der Waals surface area contributed by atoms with Gasteiger partial charge in [-0.3, -0.25) is 15.1 Å². The third-order valence-electron chi connectivity index (χ3n) is 2.57. The van der Waals surface area contributed by atoms with Crippen molar-refractivity contribution in [2.75, 3.05) is 0 Å². The van der Waals surface area contributed by atoms with E-state index < -0.39 is 10.9 Å². The van der Waals surface area contributed by atoms with Crippen LogP contribution in [0.15, 0.2) is 36.7 Å². The predicted octanol–water partition coefficient (Wildman–Crippen LogP) is 2.79. The second-order valence-corrected chi connectivity index (χ2v) is 4.02. The maximum Gasteiger partial charge on any atom is 0.337 e. The van der Waals surface area contributed by atoms with Crippen molar-refractivity contribution in [1.82, 2.24) is 4.98 Å². The van der Waals surface area contributed by atoms with E-state index in [0.717, 1.165) is 0 Å². The smallest absolute Gasteiger partial charge is 0.337 e. The van der Waals surface area contributed by atoms with Gasteiger partial charge in [-0.2, -0.15) is 0 Å². The number of aromatic carboxylic acids is 1. The molecule has 0 aliphatic carbocycles. The molecule has 0 saturated carbocycles. The van der Waals surface area contributed by atoms with Crippen molar-refractivity contribution in [2.24, 2.45) is 0 Å². The molecule has 102 valence electrons. The van der Waals surface area contributed by atoms with E-state index in [4.69, 9.17) is 9.84 Å². The average molecular weight is 274 g/mol. The van der Waals surface area contributed by atoms with Crippen LogP contribution < -0.4 is 4.74 Å². The SMILES string of the molecule is Cc1ccc([N+](=O)[O-])cc1Oc1cncc(C(=O)O)c1. The van der Waals surface area contributed by atoms with Gasteiger partial charge in [0.25, 0.3) is 5.69 Å². The van der Waals surface area contributed by atoms with E-state index in [9.17, 15) is 14.9 Å². The maximum atomic E-state index is 10.8. The highest BCUT2D eigenvalue weighted by molar-refractivity contribution is 5.87. The van der Waals surface area contributed by atoms with Crippen LogP contribution in [0, 0.1) is 17.0 Å². The van der Waals surface area contributed by atoms with Crippen molar-refractivity contribution in [3.05, 3.63) is 57.9 Å². The van der Waals surface area contributed by atoms with Crippen molar-refractivity contribution in [3.63, 3.8) is 0 Å². The van der Waals surface area contributed by atoms with Crippen LogP contribution in [0.1, 0.15) is 15.9 Å². The Morgan fingerprint density at radius 1 is 1.35 bits per heavy atom. The van der Waals surface area contributed by atoms with Crippen LogP contribution in [0.4, 0.5) is 5.69 Å². The molecule has 0 saturated heterocycles. The molecule has 0 atom stereocenters. The number of rotatable bonds is 4. The zero-order valence-corrected chi connectivity index (χ0v) is 10.4. The topological polar surface area (TPSA) is 103 Å². The van der Waals surface area contributed by atoms with E-state index in [1.54, 1.807) is 13.0 Å². The summed E-state index contributed by atoms with van der Waals surface area (Å²) in [6, 6.07) is 5.51. The highest BCUT2D eigenvalue weighted by Crippen LogP contribution is 2.28. The van der Waals surface area contributed by atoms with E-state index in [-0.39, 0.29) is 22.7 Å². The summed E-state index contributed by atoms with van der Waals surface area (Å²) < 4.78 is 5.46. The van der Waals surface area contributed by atoms with Crippen molar-refractivity contribution in [2.45, 2.75) is 6.92 Å². The van der Waals surface area contributed by atoms with Crippen LogP contribution in [0.3, 0.4) is 0 Å². The molecular weight excluding hydrogens is 264 g/mol. The minimum atomic E-state index is -1.13. The first kappa shape index (κ1) is 13.5. The fraction of sp³-hybridized carbons (Fsp3) is 0.0769. The Kier molecular flexibility index (Phi) is 3.60. The molecule has 0 radical (unpaired) electrons. The largest absolute Gasteiger partial charge is 0.478 e. The van der Waals surface area contributed by atoms with Gasteiger partial charge in [0.2, 0.25) is 0 Å². The number of hydrogen-bond acceptors (Lipinski definition) is 5. The first-order chi connectivity index (χ1) is 9.47. The van der Waals surface area contributed by atoms with Crippen molar-refractivity contribution in [1.29, 1.82) is 0 Å². The lowest BCUT2D eigenvalue weighted by molar-refractivity contribution is -0.384. The van der Waals surface area contributed by atoms with Gasteiger partial charge in [0, 0.05) is 12.3 Å². The number of carbonyl (C=O) groups is 1. The van der Waals surface area contributed by atoms with Crippen LogP contribution >= 0.6 is 0 Å². The fourth-order valence-electron chi connectivity index (χ4n) is 1.53. The van der Waals surface area contributed by atoms with E-state index in [0.29, 0.717) is 5.56 Å². The lowest BCUT2D eigenvalue weighted by atomic mass is 10.2. The van der Waals surface area contributed by atoms with Gasteiger partial charge in [-0.05, 0) is 24.6 Å². The maximum absolute atomic E-state index is 10.8. The van der Waals surface area contributed by atoms with Gasteiger partial charge in [-0.25, -0.2) is 4.79 Å². The Morgan fingerprint density at radius 3 is 2.75 bits per heavy atom. The summed E-state index contributed by atoms with van der Waals surface area (Å²) in [4.78, 5) is 24.8. The number of carboxylic acids is 1. The molecule has 1 heterocycles. The second kappa shape index (κ2) is 5.35. The molecule has 2 aromatic rings. The Morgan fingerprint density at radius 2 is 2.10 bits per heavy atom. The summed E-state index contributed by atoms with van der Waals surface area (Å²) >= 11 is 0. The van der Waals surface area contributed by atoms with Crippen LogP contribution in [0.5, 0.6) is 11.5 Å². The summed E-state index contributed by atoms with van der Waals surface area (Å²) in [7, 11) is 0. The molecule has 0 bridgehead atoms. The van der Waals surface area contributed by atoms with Gasteiger partial charge in [-0.1, -0.05) is 0 Å². The third kappa shape index (κ3) is 2.89. The second-order valence-electron chi connectivity index (χ2n) is 4.02. The quantitative estimate of drug-likeness (QED) is 0.679. The van der Waals surface area contributed by atoms with Crippen LogP contribution in [-0.4, -0.2) is 21.0 Å². The average Bonchev–Trinajstić information content (AvgIpc) is 2.41. The summed E-state index contributed by atoms with van der Waals surface area (Å²) in [5.74, 6) is -0.643. The van der Waals surface area contributed by atoms with Gasteiger partial charge in [0.1, 0.15) is 11.5 Å². The van der Waals surface area contributed by atoms with Crippen molar-refractivity contribution in [3.8, 4) is 11.5 Å². The van der Waals surface area contributed by atoms with Crippen LogP contribution in [0.2, 0.25) is 0 Å². The number of hydrogen-bond donors (Lipinski definition) is 1. The summed E-state index contributed by atoms with van der Waals surface area (Å²) in [5.41, 5.74) is 0.565. The minimum absolute atomic E-state index is 0.0226. The normalized spacial score (nSPS) is 10.1. The Bertz CT molecular complexity index is 684. The van der Waals surface area contributed by atoms with E-state index in [2.05, 4.69) is 4.98 Å². The number of carboxylic acid groups (broad SMARTS) is 1. The Labute approximate surface area is 113 Å². The number of non-ortho nitro benzene ring substituents is 1. The standard InChI is InChI=1S/C13H10N2O5/c1-8-2-3-10(15(18)19)5-12(8)20-11-4-9(13(16)17)6-14-7-11/h2-7H,1H3,(H,16,17). The Hall–Kier alpha value is -2.96. The summed E-state index contributed by atoms with van der Waals surface area (Å²) in [5, 5.41) is 19.6. The predicted molar refractivity (Wildman–Crippen MR) is 69.1 cm³/mol. The summed E-state index contributed by atoms with van der Waals surface area (Å²) in [6.45, 7) is 1.73. The zero-order chi connectivity index (χ0) is 14.7. The number of ether oxygens (including phenoxy) is 1. The van der Waals surface area contributed by atoms with Crippen LogP contribution in [0.25, 0.3) is 0 Å². The lowest BCUT2D eigenvalue weighted by Crippen LogP contribution is -1.98.